The summed E-state index contributed by atoms with van der Waals surface area (Å²) in [6.07, 6.45) is 11.5. The first-order chi connectivity index (χ1) is 7.36. The molecule has 0 aliphatic heterocycles. The van der Waals surface area contributed by atoms with Crippen LogP contribution >= 0.6 is 0 Å². The highest BCUT2D eigenvalue weighted by Crippen LogP contribution is 2.08. The molecule has 0 aliphatic carbocycles. The summed E-state index contributed by atoms with van der Waals surface area (Å²) < 4.78 is 0. The Morgan fingerprint density at radius 3 is 2.40 bits per heavy atom. The highest BCUT2D eigenvalue weighted by molar-refractivity contribution is 5.27. The van der Waals surface area contributed by atoms with Gasteiger partial charge in [0.05, 0.1) is 0 Å². The molecule has 0 aliphatic rings. The van der Waals surface area contributed by atoms with Crippen molar-refractivity contribution in [1.29, 1.82) is 0 Å². The summed E-state index contributed by atoms with van der Waals surface area (Å²) in [5.74, 6) is 0. The quantitative estimate of drug-likeness (QED) is 0.634. The lowest BCUT2D eigenvalue weighted by atomic mass is 10.1. The number of allylic oxidation sites excluding steroid dienone is 1. The smallest absolute Gasteiger partial charge is 0.0149 e. The van der Waals surface area contributed by atoms with Crippen LogP contribution in [0.4, 0.5) is 0 Å². The molecule has 0 N–H and O–H groups in total. The van der Waals surface area contributed by atoms with E-state index in [0.717, 1.165) is 6.42 Å². The zero-order chi connectivity index (χ0) is 10.9. The normalized spacial score (nSPS) is 11.1. The van der Waals surface area contributed by atoms with Gasteiger partial charge in [0.1, 0.15) is 0 Å². The molecule has 1 rings (SSSR count). The summed E-state index contributed by atoms with van der Waals surface area (Å²) in [6.45, 7) is 4.42. The molecule has 0 saturated carbocycles. The second-order valence-electron chi connectivity index (χ2n) is 3.94. The third-order valence-corrected chi connectivity index (χ3v) is 2.47. The molecular weight excluding hydrogens is 180 g/mol. The Hall–Kier alpha value is -1.04. The van der Waals surface area contributed by atoms with Gasteiger partial charge in [0.25, 0.3) is 0 Å². The Morgan fingerprint density at radius 1 is 1.07 bits per heavy atom. The van der Waals surface area contributed by atoms with Gasteiger partial charge in [-0.3, -0.25) is 0 Å². The molecule has 0 spiro atoms. The minimum Gasteiger partial charge on any atom is -0.0761 e. The molecule has 0 heteroatoms. The lowest BCUT2D eigenvalue weighted by molar-refractivity contribution is 0.795. The predicted octanol–water partition coefficient (Wildman–Crippen LogP) is 4.54. The second kappa shape index (κ2) is 7.28. The third kappa shape index (κ3) is 4.83. The average molecular weight is 201 g/mol. The Bertz CT molecular complexity index is 279. The Labute approximate surface area is 94.0 Å². The van der Waals surface area contributed by atoms with Crippen LogP contribution < -0.4 is 0 Å². The van der Waals surface area contributed by atoms with Gasteiger partial charge < -0.3 is 0 Å². The van der Waals surface area contributed by atoms with Gasteiger partial charge in [-0.25, -0.2) is 0 Å². The number of hydrogen-bond donors (Lipinski definition) is 0. The van der Waals surface area contributed by atoms with E-state index in [1.807, 2.05) is 0 Å². The van der Waals surface area contributed by atoms with E-state index in [2.05, 4.69) is 50.3 Å². The number of unbranched alkanes of at least 4 members (excludes halogenated alkanes) is 2. The van der Waals surface area contributed by atoms with Crippen molar-refractivity contribution in [2.45, 2.75) is 46.0 Å². The van der Waals surface area contributed by atoms with Crippen molar-refractivity contribution in [3.8, 4) is 0 Å². The van der Waals surface area contributed by atoms with Crippen LogP contribution in [0.15, 0.2) is 30.3 Å². The van der Waals surface area contributed by atoms with E-state index in [0.29, 0.717) is 0 Å². The maximum atomic E-state index is 3.30. The molecule has 0 unspecified atom stereocenters. The summed E-state index contributed by atoms with van der Waals surface area (Å²) in [5, 5.41) is 0. The predicted molar refractivity (Wildman–Crippen MR) is 66.9 cm³/mol. The molecule has 81 valence electrons. The Morgan fingerprint density at radius 2 is 1.80 bits per heavy atom. The summed E-state index contributed by atoms with van der Waals surface area (Å²) in [5.41, 5.74) is 2.64. The van der Waals surface area contributed by atoms with Gasteiger partial charge in [-0.05, 0) is 36.5 Å². The van der Waals surface area contributed by atoms with Crippen molar-refractivity contribution >= 4 is 0 Å². The maximum Gasteiger partial charge on any atom is -0.0149 e. The van der Waals surface area contributed by atoms with Crippen molar-refractivity contribution in [3.63, 3.8) is 0 Å². The first-order valence-corrected chi connectivity index (χ1v) is 6.04. The summed E-state index contributed by atoms with van der Waals surface area (Å²) in [6, 6.07) is 8.77. The minimum absolute atomic E-state index is 1.12. The largest absolute Gasteiger partial charge is 0.0761 e. The zero-order valence-electron chi connectivity index (χ0n) is 9.92. The first-order valence-electron chi connectivity index (χ1n) is 6.04. The van der Waals surface area contributed by atoms with Gasteiger partial charge >= 0.3 is 0 Å². The van der Waals surface area contributed by atoms with Gasteiger partial charge in [0.2, 0.25) is 0 Å². The summed E-state index contributed by atoms with van der Waals surface area (Å²) in [7, 11) is 0. The fourth-order valence-electron chi connectivity index (χ4n) is 1.48. The molecule has 1 radical (unpaired) electrons. The van der Waals surface area contributed by atoms with Crippen LogP contribution in [-0.4, -0.2) is 0 Å². The van der Waals surface area contributed by atoms with Crippen LogP contribution in [0.3, 0.4) is 0 Å². The van der Waals surface area contributed by atoms with Gasteiger partial charge in [0, 0.05) is 0 Å². The van der Waals surface area contributed by atoms with Crippen molar-refractivity contribution in [2.24, 2.45) is 0 Å². The number of aryl methyl sites for hydroxylation is 1. The van der Waals surface area contributed by atoms with Gasteiger partial charge in [-0.15, -0.1) is 0 Å². The molecule has 1 aromatic carbocycles. The first kappa shape index (κ1) is 12.0. The molecule has 0 atom stereocenters. The lowest BCUT2D eigenvalue weighted by Gasteiger charge is -1.99. The summed E-state index contributed by atoms with van der Waals surface area (Å²) in [4.78, 5) is 0. The van der Waals surface area contributed by atoms with E-state index in [1.54, 1.807) is 0 Å². The van der Waals surface area contributed by atoms with Crippen molar-refractivity contribution in [1.82, 2.24) is 0 Å². The molecule has 0 saturated heterocycles. The van der Waals surface area contributed by atoms with Gasteiger partial charge in [0.15, 0.2) is 0 Å². The average Bonchev–Trinajstić information content (AvgIpc) is 2.28. The molecule has 0 nitrogen and oxygen atoms in total. The van der Waals surface area contributed by atoms with E-state index in [4.69, 9.17) is 0 Å². The molecule has 15 heavy (non-hydrogen) atoms. The van der Waals surface area contributed by atoms with Crippen LogP contribution in [-0.2, 0) is 6.42 Å². The molecule has 0 heterocycles. The number of rotatable bonds is 6. The topological polar surface area (TPSA) is 0 Å². The van der Waals surface area contributed by atoms with E-state index in [1.165, 1.54) is 36.8 Å². The maximum absolute atomic E-state index is 3.30. The minimum atomic E-state index is 1.12. The van der Waals surface area contributed by atoms with E-state index in [-0.39, 0.29) is 0 Å². The third-order valence-electron chi connectivity index (χ3n) is 2.47. The molecule has 1 aromatic rings. The van der Waals surface area contributed by atoms with Crippen LogP contribution in [0, 0.1) is 6.08 Å². The molecular formula is C15H21. The molecule has 0 amide bonds. The van der Waals surface area contributed by atoms with Crippen molar-refractivity contribution in [2.75, 3.05) is 0 Å². The molecule has 0 bridgehead atoms. The second-order valence-corrected chi connectivity index (χ2v) is 3.94. The fraction of sp³-hybridized carbons (Fsp3) is 0.467. The van der Waals surface area contributed by atoms with Crippen LogP contribution in [0.1, 0.15) is 50.7 Å². The monoisotopic (exact) mass is 201 g/mol. The van der Waals surface area contributed by atoms with Crippen LogP contribution in [0.25, 0.3) is 0 Å². The van der Waals surface area contributed by atoms with E-state index < -0.39 is 0 Å². The fourth-order valence-corrected chi connectivity index (χ4v) is 1.48. The lowest BCUT2D eigenvalue weighted by Crippen LogP contribution is -1.84. The van der Waals surface area contributed by atoms with E-state index >= 15 is 0 Å². The van der Waals surface area contributed by atoms with Gasteiger partial charge in [-0.1, -0.05) is 57.0 Å². The number of benzene rings is 1. The zero-order valence-corrected chi connectivity index (χ0v) is 9.92. The van der Waals surface area contributed by atoms with Crippen molar-refractivity contribution in [3.05, 3.63) is 47.5 Å². The van der Waals surface area contributed by atoms with Gasteiger partial charge in [-0.2, -0.15) is 0 Å². The SMILES string of the molecule is CCC/C=[C]\c1ccc(CCCC)cc1. The highest BCUT2D eigenvalue weighted by atomic mass is 14.0. The van der Waals surface area contributed by atoms with Crippen LogP contribution in [0.5, 0.6) is 0 Å². The van der Waals surface area contributed by atoms with Crippen LogP contribution in [0.2, 0.25) is 0 Å². The summed E-state index contributed by atoms with van der Waals surface area (Å²) >= 11 is 0. The number of hydrogen-bond acceptors (Lipinski definition) is 0. The Kier molecular flexibility index (Phi) is 5.84. The van der Waals surface area contributed by atoms with Crippen molar-refractivity contribution < 1.29 is 0 Å². The molecule has 0 fully saturated rings. The standard InChI is InChI=1S/C15H21/c1-3-5-7-9-15-12-10-14(11-13-15)8-6-4-2/h7,10-13H,3-6,8H2,1-2H3. The van der Waals surface area contributed by atoms with E-state index in [9.17, 15) is 0 Å². The highest BCUT2D eigenvalue weighted by Gasteiger charge is 1.92. The molecule has 0 aromatic heterocycles. The Balaban J connectivity index is 2.48.